The summed E-state index contributed by atoms with van der Waals surface area (Å²) >= 11 is 0. The van der Waals surface area contributed by atoms with Crippen molar-refractivity contribution >= 4 is 11.9 Å². The molecule has 0 amide bonds. The topological polar surface area (TPSA) is 26.3 Å². The van der Waals surface area contributed by atoms with Crippen molar-refractivity contribution in [2.45, 2.75) is 25.4 Å². The Morgan fingerprint density at radius 1 is 0.920 bits per heavy atom. The van der Waals surface area contributed by atoms with Gasteiger partial charge in [-0.05, 0) is 47.9 Å². The summed E-state index contributed by atoms with van der Waals surface area (Å²) in [5.74, 6) is 0.145. The van der Waals surface area contributed by atoms with Crippen molar-refractivity contribution in [3.8, 4) is 0 Å². The van der Waals surface area contributed by atoms with Crippen molar-refractivity contribution in [3.05, 3.63) is 88.2 Å². The quantitative estimate of drug-likeness (QED) is 0.759. The summed E-state index contributed by atoms with van der Waals surface area (Å²) in [6.45, 7) is 0. The summed E-state index contributed by atoms with van der Waals surface area (Å²) in [6, 6.07) is 12.2. The van der Waals surface area contributed by atoms with E-state index in [1.807, 2.05) is 6.08 Å². The molecule has 1 atom stereocenters. The zero-order valence-corrected chi connectivity index (χ0v) is 13.5. The van der Waals surface area contributed by atoms with Gasteiger partial charge in [-0.25, -0.2) is 8.78 Å². The van der Waals surface area contributed by atoms with Crippen LogP contribution in [0.2, 0.25) is 0 Å². The minimum Gasteiger partial charge on any atom is -0.485 e. The lowest BCUT2D eigenvalue weighted by Crippen LogP contribution is -2.10. The summed E-state index contributed by atoms with van der Waals surface area (Å²) in [6.07, 6.45) is 3.41. The minimum absolute atomic E-state index is 0.0687. The maximum absolute atomic E-state index is 13.3. The molecule has 126 valence electrons. The van der Waals surface area contributed by atoms with E-state index in [-0.39, 0.29) is 17.4 Å². The first-order valence-corrected chi connectivity index (χ1v) is 8.28. The second-order valence-corrected chi connectivity index (χ2v) is 6.28. The molecule has 0 saturated carbocycles. The molecule has 2 aliphatic rings. The van der Waals surface area contributed by atoms with Crippen molar-refractivity contribution in [3.63, 3.8) is 0 Å². The molecule has 1 heterocycles. The molecule has 2 aromatic rings. The Labute approximate surface area is 144 Å². The Morgan fingerprint density at radius 2 is 1.56 bits per heavy atom. The zero-order chi connectivity index (χ0) is 17.4. The number of hydrogen-bond acceptors (Lipinski definition) is 2. The lowest BCUT2D eigenvalue weighted by molar-refractivity contribution is -0.115. The van der Waals surface area contributed by atoms with Gasteiger partial charge in [-0.2, -0.15) is 0 Å². The smallest absolute Gasteiger partial charge is 0.166 e. The first-order valence-electron chi connectivity index (χ1n) is 8.28. The monoisotopic (exact) mass is 338 g/mol. The van der Waals surface area contributed by atoms with Crippen LogP contribution in [-0.2, 0) is 9.53 Å². The molecule has 0 saturated heterocycles. The third-order valence-corrected chi connectivity index (χ3v) is 4.56. The van der Waals surface area contributed by atoms with E-state index < -0.39 is 6.10 Å². The van der Waals surface area contributed by atoms with E-state index in [9.17, 15) is 13.6 Å². The number of carbonyl (C=O) groups excluding carboxylic acids is 1. The van der Waals surface area contributed by atoms with Gasteiger partial charge in [-0.3, -0.25) is 4.79 Å². The molecule has 0 fully saturated rings. The molecule has 0 N–H and O–H groups in total. The van der Waals surface area contributed by atoms with Crippen molar-refractivity contribution < 1.29 is 18.3 Å². The van der Waals surface area contributed by atoms with Gasteiger partial charge in [0.05, 0.1) is 5.57 Å². The Hall–Kier alpha value is -2.75. The molecule has 1 aliphatic carbocycles. The highest BCUT2D eigenvalue weighted by molar-refractivity contribution is 6.03. The van der Waals surface area contributed by atoms with Gasteiger partial charge in [0.1, 0.15) is 23.5 Å². The van der Waals surface area contributed by atoms with Gasteiger partial charge in [0.2, 0.25) is 0 Å². The third-order valence-electron chi connectivity index (χ3n) is 4.56. The van der Waals surface area contributed by atoms with Crippen LogP contribution in [0.3, 0.4) is 0 Å². The summed E-state index contributed by atoms with van der Waals surface area (Å²) in [5, 5.41) is 0. The molecular weight excluding hydrogens is 322 g/mol. The van der Waals surface area contributed by atoms with Gasteiger partial charge in [-0.15, -0.1) is 0 Å². The van der Waals surface area contributed by atoms with Crippen molar-refractivity contribution in [2.75, 3.05) is 0 Å². The fraction of sp³-hybridized carbons (Fsp3) is 0.190. The predicted molar refractivity (Wildman–Crippen MR) is 90.5 cm³/mol. The predicted octanol–water partition coefficient (Wildman–Crippen LogP) is 5.13. The second kappa shape index (κ2) is 6.28. The molecule has 2 aromatic carbocycles. The lowest BCUT2D eigenvalue weighted by Gasteiger charge is -2.15. The van der Waals surface area contributed by atoms with Crippen molar-refractivity contribution in [1.29, 1.82) is 0 Å². The number of hydrogen-bond donors (Lipinski definition) is 0. The number of rotatable bonds is 2. The normalized spacial score (nSPS) is 21.4. The number of ether oxygens (including phenoxy) is 1. The summed E-state index contributed by atoms with van der Waals surface area (Å²) in [7, 11) is 0. The van der Waals surface area contributed by atoms with Crippen LogP contribution in [0, 0.1) is 11.6 Å². The molecule has 0 spiro atoms. The maximum atomic E-state index is 13.3. The lowest BCUT2D eigenvalue weighted by atomic mass is 9.88. The van der Waals surface area contributed by atoms with Crippen molar-refractivity contribution in [2.24, 2.45) is 0 Å². The molecule has 0 radical (unpaired) electrons. The van der Waals surface area contributed by atoms with Gasteiger partial charge >= 0.3 is 0 Å². The van der Waals surface area contributed by atoms with Crippen LogP contribution in [-0.4, -0.2) is 5.78 Å². The fourth-order valence-corrected chi connectivity index (χ4v) is 3.36. The van der Waals surface area contributed by atoms with Gasteiger partial charge in [0.25, 0.3) is 0 Å². The first-order chi connectivity index (χ1) is 12.1. The highest BCUT2D eigenvalue weighted by atomic mass is 19.1. The summed E-state index contributed by atoms with van der Waals surface area (Å²) in [4.78, 5) is 12.5. The van der Waals surface area contributed by atoms with E-state index in [1.54, 1.807) is 24.3 Å². The molecule has 2 nitrogen and oxygen atoms in total. The van der Waals surface area contributed by atoms with Crippen LogP contribution < -0.4 is 0 Å². The Morgan fingerprint density at radius 3 is 2.24 bits per heavy atom. The average molecular weight is 338 g/mol. The molecule has 1 aliphatic heterocycles. The van der Waals surface area contributed by atoms with Crippen LogP contribution in [0.15, 0.2) is 65.4 Å². The molecule has 1 unspecified atom stereocenters. The van der Waals surface area contributed by atoms with Crippen molar-refractivity contribution in [1.82, 2.24) is 0 Å². The first kappa shape index (κ1) is 15.8. The summed E-state index contributed by atoms with van der Waals surface area (Å²) < 4.78 is 32.5. The van der Waals surface area contributed by atoms with Gasteiger partial charge < -0.3 is 4.74 Å². The number of benzene rings is 2. The largest absolute Gasteiger partial charge is 0.485 e. The van der Waals surface area contributed by atoms with Crippen LogP contribution >= 0.6 is 0 Å². The Balaban J connectivity index is 1.80. The van der Waals surface area contributed by atoms with E-state index in [0.717, 1.165) is 29.5 Å². The molecule has 0 aromatic heterocycles. The number of ketones is 1. The third kappa shape index (κ3) is 3.00. The van der Waals surface area contributed by atoms with E-state index in [0.29, 0.717) is 17.8 Å². The number of carbonyl (C=O) groups is 1. The fourth-order valence-electron chi connectivity index (χ4n) is 3.36. The van der Waals surface area contributed by atoms with Crippen LogP contribution in [0.5, 0.6) is 0 Å². The average Bonchev–Trinajstić information content (AvgIpc) is 2.97. The van der Waals surface area contributed by atoms with Gasteiger partial charge in [0, 0.05) is 18.4 Å². The number of halogens is 2. The van der Waals surface area contributed by atoms with Crippen LogP contribution in [0.1, 0.15) is 36.5 Å². The standard InChI is InChI=1S/C21H16F2O2/c22-15-8-4-13(5-9-15)12-17-20-18(24)2-1-3-19(20)25-21(17)14-6-10-16(23)11-7-14/h4-12,21H,1-3H2/b17-12-. The maximum Gasteiger partial charge on any atom is 0.166 e. The summed E-state index contributed by atoms with van der Waals surface area (Å²) in [5.41, 5.74) is 2.97. The molecule has 0 bridgehead atoms. The molecule has 4 rings (SSSR count). The Kier molecular flexibility index (Phi) is 3.96. The molecular formula is C21H16F2O2. The van der Waals surface area contributed by atoms with E-state index in [1.165, 1.54) is 24.3 Å². The van der Waals surface area contributed by atoms with Gasteiger partial charge in [-0.1, -0.05) is 24.3 Å². The Bertz CT molecular complexity index is 877. The minimum atomic E-state index is -0.447. The van der Waals surface area contributed by atoms with Crippen LogP contribution in [0.4, 0.5) is 8.78 Å². The van der Waals surface area contributed by atoms with E-state index in [2.05, 4.69) is 0 Å². The molecule has 25 heavy (non-hydrogen) atoms. The van der Waals surface area contributed by atoms with E-state index in [4.69, 9.17) is 4.74 Å². The zero-order valence-electron chi connectivity index (χ0n) is 13.5. The number of allylic oxidation sites excluding steroid dienone is 1. The SMILES string of the molecule is O=C1CCCC2=C1/C(=C/c1ccc(F)cc1)C(c1ccc(F)cc1)O2. The second-order valence-electron chi connectivity index (χ2n) is 6.28. The van der Waals surface area contributed by atoms with Gasteiger partial charge in [0.15, 0.2) is 5.78 Å². The molecule has 4 heteroatoms. The van der Waals surface area contributed by atoms with Crippen LogP contribution in [0.25, 0.3) is 6.08 Å². The number of Topliss-reactive ketones (excluding diaryl/α,β-unsaturated/α-hetero) is 1. The highest BCUT2D eigenvalue weighted by Gasteiger charge is 2.37. The van der Waals surface area contributed by atoms with E-state index >= 15 is 0 Å². The highest BCUT2D eigenvalue weighted by Crippen LogP contribution is 2.46.